The van der Waals surface area contributed by atoms with Crippen LogP contribution < -0.4 is 4.72 Å². The zero-order valence-corrected chi connectivity index (χ0v) is 16.6. The van der Waals surface area contributed by atoms with E-state index >= 15 is 0 Å². The monoisotopic (exact) mass is 386 g/mol. The van der Waals surface area contributed by atoms with Gasteiger partial charge in [-0.05, 0) is 49.6 Å². The fourth-order valence-corrected chi connectivity index (χ4v) is 4.65. The molecule has 0 aromatic heterocycles. The Bertz CT molecular complexity index is 904. The number of rotatable bonds is 5. The summed E-state index contributed by atoms with van der Waals surface area (Å²) in [6, 6.07) is 13.7. The molecule has 0 radical (unpaired) electrons. The minimum Gasteiger partial charge on any atom is -0.339 e. The molecule has 0 saturated heterocycles. The Kier molecular flexibility index (Phi) is 5.85. The van der Waals surface area contributed by atoms with E-state index in [1.165, 1.54) is 6.42 Å². The summed E-state index contributed by atoms with van der Waals surface area (Å²) in [5, 5.41) is 0. The van der Waals surface area contributed by atoms with E-state index in [9.17, 15) is 13.2 Å². The van der Waals surface area contributed by atoms with Crippen LogP contribution in [0.5, 0.6) is 0 Å². The average molecular weight is 387 g/mol. The van der Waals surface area contributed by atoms with E-state index in [4.69, 9.17) is 0 Å². The van der Waals surface area contributed by atoms with Crippen molar-refractivity contribution in [3.05, 3.63) is 59.7 Å². The van der Waals surface area contributed by atoms with Crippen LogP contribution in [0, 0.1) is 6.92 Å². The molecule has 2 aromatic rings. The summed E-state index contributed by atoms with van der Waals surface area (Å²) < 4.78 is 27.8. The second-order valence-electron chi connectivity index (χ2n) is 7.16. The smallest absolute Gasteiger partial charge is 0.261 e. The van der Waals surface area contributed by atoms with Crippen molar-refractivity contribution in [2.24, 2.45) is 0 Å². The van der Waals surface area contributed by atoms with Crippen molar-refractivity contribution in [1.82, 2.24) is 4.90 Å². The van der Waals surface area contributed by atoms with Crippen LogP contribution in [0.25, 0.3) is 0 Å². The number of nitrogens with zero attached hydrogens (tertiary/aromatic N) is 1. The zero-order valence-electron chi connectivity index (χ0n) is 15.8. The average Bonchev–Trinajstić information content (AvgIpc) is 2.70. The van der Waals surface area contributed by atoms with Crippen LogP contribution in [-0.2, 0) is 10.0 Å². The number of benzene rings is 2. The van der Waals surface area contributed by atoms with E-state index in [1.807, 2.05) is 14.0 Å². The number of hydrogen-bond acceptors (Lipinski definition) is 3. The largest absolute Gasteiger partial charge is 0.339 e. The van der Waals surface area contributed by atoms with Crippen LogP contribution in [-0.4, -0.2) is 32.3 Å². The summed E-state index contributed by atoms with van der Waals surface area (Å²) in [6.45, 7) is 1.82. The highest BCUT2D eigenvalue weighted by atomic mass is 32.2. The van der Waals surface area contributed by atoms with Gasteiger partial charge < -0.3 is 4.90 Å². The topological polar surface area (TPSA) is 66.5 Å². The highest BCUT2D eigenvalue weighted by molar-refractivity contribution is 7.92. The number of carbonyl (C=O) groups is 1. The van der Waals surface area contributed by atoms with Gasteiger partial charge in [0, 0.05) is 18.7 Å². The van der Waals surface area contributed by atoms with Crippen molar-refractivity contribution in [3.8, 4) is 0 Å². The molecule has 1 aliphatic rings. The van der Waals surface area contributed by atoms with E-state index < -0.39 is 10.0 Å². The summed E-state index contributed by atoms with van der Waals surface area (Å²) in [6.07, 6.45) is 5.59. The first kappa shape index (κ1) is 19.4. The van der Waals surface area contributed by atoms with E-state index in [1.54, 1.807) is 53.4 Å². The number of aryl methyl sites for hydroxylation is 1. The Morgan fingerprint density at radius 1 is 1.04 bits per heavy atom. The Hall–Kier alpha value is -2.34. The Morgan fingerprint density at radius 2 is 1.70 bits per heavy atom. The van der Waals surface area contributed by atoms with E-state index in [0.717, 1.165) is 31.2 Å². The molecular weight excluding hydrogens is 360 g/mol. The van der Waals surface area contributed by atoms with Crippen molar-refractivity contribution in [2.45, 2.75) is 50.0 Å². The first-order chi connectivity index (χ1) is 12.9. The van der Waals surface area contributed by atoms with Gasteiger partial charge in [-0.2, -0.15) is 0 Å². The first-order valence-electron chi connectivity index (χ1n) is 9.34. The molecule has 1 fully saturated rings. The number of amides is 1. The minimum absolute atomic E-state index is 0.0675. The second kappa shape index (κ2) is 8.13. The molecule has 0 heterocycles. The molecule has 1 aliphatic carbocycles. The molecular formula is C21H26N2O3S. The van der Waals surface area contributed by atoms with Crippen molar-refractivity contribution in [1.29, 1.82) is 0 Å². The van der Waals surface area contributed by atoms with Crippen LogP contribution in [0.4, 0.5) is 5.69 Å². The molecule has 144 valence electrons. The summed E-state index contributed by atoms with van der Waals surface area (Å²) in [4.78, 5) is 14.9. The van der Waals surface area contributed by atoms with E-state index in [-0.39, 0.29) is 16.8 Å². The van der Waals surface area contributed by atoms with Gasteiger partial charge in [0.1, 0.15) is 0 Å². The van der Waals surface area contributed by atoms with E-state index in [2.05, 4.69) is 4.72 Å². The first-order valence-corrected chi connectivity index (χ1v) is 10.8. The molecule has 2 aromatic carbocycles. The van der Waals surface area contributed by atoms with Gasteiger partial charge in [0.15, 0.2) is 0 Å². The lowest BCUT2D eigenvalue weighted by Crippen LogP contribution is -2.38. The fourth-order valence-electron chi connectivity index (χ4n) is 3.51. The summed E-state index contributed by atoms with van der Waals surface area (Å²) in [5.74, 6) is -0.0675. The molecule has 0 aliphatic heterocycles. The Balaban J connectivity index is 1.83. The van der Waals surface area contributed by atoms with Crippen molar-refractivity contribution >= 4 is 21.6 Å². The van der Waals surface area contributed by atoms with Gasteiger partial charge in [-0.15, -0.1) is 0 Å². The molecule has 1 saturated carbocycles. The normalized spacial score (nSPS) is 15.3. The summed E-state index contributed by atoms with van der Waals surface area (Å²) in [5.41, 5.74) is 1.70. The maximum Gasteiger partial charge on any atom is 0.261 e. The zero-order chi connectivity index (χ0) is 19.4. The molecule has 1 amide bonds. The standard InChI is InChI=1S/C21H26N2O3S/c1-16-13-14-17(21(24)23(2)18-9-5-3-6-10-18)15-20(16)22-27(25,26)19-11-7-4-8-12-19/h4,7-8,11-15,18,22H,3,5-6,9-10H2,1-2H3. The maximum absolute atomic E-state index is 12.9. The molecule has 3 rings (SSSR count). The van der Waals surface area contributed by atoms with Crippen LogP contribution in [0.2, 0.25) is 0 Å². The molecule has 27 heavy (non-hydrogen) atoms. The molecule has 0 unspecified atom stereocenters. The quantitative estimate of drug-likeness (QED) is 0.837. The van der Waals surface area contributed by atoms with Crippen molar-refractivity contribution in [2.75, 3.05) is 11.8 Å². The Morgan fingerprint density at radius 3 is 2.37 bits per heavy atom. The van der Waals surface area contributed by atoms with Crippen LogP contribution in [0.15, 0.2) is 53.4 Å². The van der Waals surface area contributed by atoms with Crippen molar-refractivity contribution < 1.29 is 13.2 Å². The predicted molar refractivity (Wildman–Crippen MR) is 107 cm³/mol. The van der Waals surface area contributed by atoms with Crippen molar-refractivity contribution in [3.63, 3.8) is 0 Å². The van der Waals surface area contributed by atoms with Gasteiger partial charge in [0.2, 0.25) is 0 Å². The van der Waals surface area contributed by atoms with Crippen LogP contribution in [0.1, 0.15) is 48.0 Å². The third kappa shape index (κ3) is 4.50. The minimum atomic E-state index is -3.69. The SMILES string of the molecule is Cc1ccc(C(=O)N(C)C2CCCCC2)cc1NS(=O)(=O)c1ccccc1. The third-order valence-corrected chi connectivity index (χ3v) is 6.61. The van der Waals surface area contributed by atoms with Gasteiger partial charge >= 0.3 is 0 Å². The number of hydrogen-bond donors (Lipinski definition) is 1. The second-order valence-corrected chi connectivity index (χ2v) is 8.84. The number of sulfonamides is 1. The van der Waals surface area contributed by atoms with Crippen LogP contribution in [0.3, 0.4) is 0 Å². The van der Waals surface area contributed by atoms with Crippen LogP contribution >= 0.6 is 0 Å². The predicted octanol–water partition coefficient (Wildman–Crippen LogP) is 4.20. The Labute approximate surface area is 161 Å². The summed E-state index contributed by atoms with van der Waals surface area (Å²) >= 11 is 0. The molecule has 1 N–H and O–H groups in total. The lowest BCUT2D eigenvalue weighted by molar-refractivity contribution is 0.0696. The highest BCUT2D eigenvalue weighted by Gasteiger charge is 2.24. The highest BCUT2D eigenvalue weighted by Crippen LogP contribution is 2.25. The van der Waals surface area contributed by atoms with Gasteiger partial charge in [-0.1, -0.05) is 43.5 Å². The molecule has 0 bridgehead atoms. The fraction of sp³-hybridized carbons (Fsp3) is 0.381. The lowest BCUT2D eigenvalue weighted by atomic mass is 9.94. The summed E-state index contributed by atoms with van der Waals surface area (Å²) in [7, 11) is -1.85. The number of carbonyl (C=O) groups excluding carboxylic acids is 1. The molecule has 5 nitrogen and oxygen atoms in total. The lowest BCUT2D eigenvalue weighted by Gasteiger charge is -2.31. The molecule has 0 atom stereocenters. The van der Waals surface area contributed by atoms with Gasteiger partial charge in [0.05, 0.1) is 10.6 Å². The number of anilines is 1. The van der Waals surface area contributed by atoms with Gasteiger partial charge in [0.25, 0.3) is 15.9 Å². The van der Waals surface area contributed by atoms with E-state index in [0.29, 0.717) is 11.3 Å². The number of nitrogens with one attached hydrogen (secondary N) is 1. The molecule has 6 heteroatoms. The molecule has 0 spiro atoms. The van der Waals surface area contributed by atoms with Gasteiger partial charge in [-0.25, -0.2) is 8.42 Å². The van der Waals surface area contributed by atoms with Gasteiger partial charge in [-0.3, -0.25) is 9.52 Å². The maximum atomic E-state index is 12.9. The third-order valence-electron chi connectivity index (χ3n) is 5.23.